The number of benzene rings is 1. The predicted octanol–water partition coefficient (Wildman–Crippen LogP) is 4.59. The van der Waals surface area contributed by atoms with Crippen LogP contribution in [0.25, 0.3) is 10.2 Å². The number of hydrogen-bond acceptors (Lipinski definition) is 4. The molecule has 0 saturated carbocycles. The number of nitrogens with zero attached hydrogens (tertiary/aromatic N) is 2. The monoisotopic (exact) mass is 356 g/mol. The van der Waals surface area contributed by atoms with Crippen LogP contribution in [0.5, 0.6) is 0 Å². The lowest BCUT2D eigenvalue weighted by Crippen LogP contribution is -2.18. The molecule has 3 nitrogen and oxygen atoms in total. The van der Waals surface area contributed by atoms with Crippen molar-refractivity contribution in [2.45, 2.75) is 10.9 Å². The number of hydrogen-bond donors (Lipinski definition) is 0. The Hall–Kier alpha value is -1.01. The lowest BCUT2D eigenvalue weighted by Gasteiger charge is -2.09. The highest BCUT2D eigenvalue weighted by Gasteiger charge is 2.12. The maximum Gasteiger partial charge on any atom is 0.271 e. The molecular weight excluding hydrogens is 347 g/mol. The van der Waals surface area contributed by atoms with E-state index in [4.69, 9.17) is 23.2 Å². The molecule has 0 aliphatic carbocycles. The SMILES string of the molecule is Cn1c(SCc2c(Cl)cccc2Cl)nc2ccsc2c1=O. The highest BCUT2D eigenvalue weighted by Crippen LogP contribution is 2.31. The Morgan fingerprint density at radius 1 is 1.29 bits per heavy atom. The summed E-state index contributed by atoms with van der Waals surface area (Å²) in [5, 5.41) is 3.77. The molecule has 3 rings (SSSR count). The van der Waals surface area contributed by atoms with Gasteiger partial charge in [-0.3, -0.25) is 9.36 Å². The molecule has 2 aromatic heterocycles. The Kier molecular flexibility index (Phi) is 4.26. The van der Waals surface area contributed by atoms with Crippen molar-refractivity contribution in [1.82, 2.24) is 9.55 Å². The largest absolute Gasteiger partial charge is 0.290 e. The molecule has 0 saturated heterocycles. The summed E-state index contributed by atoms with van der Waals surface area (Å²) in [6, 6.07) is 7.27. The third kappa shape index (κ3) is 2.83. The van der Waals surface area contributed by atoms with E-state index in [1.807, 2.05) is 17.5 Å². The van der Waals surface area contributed by atoms with Crippen LogP contribution in [0.3, 0.4) is 0 Å². The molecule has 0 unspecified atom stereocenters. The topological polar surface area (TPSA) is 34.9 Å². The fourth-order valence-corrected chi connectivity index (χ4v) is 4.42. The van der Waals surface area contributed by atoms with Crippen LogP contribution in [0.4, 0.5) is 0 Å². The van der Waals surface area contributed by atoms with Gasteiger partial charge in [0.2, 0.25) is 0 Å². The molecule has 1 aromatic carbocycles. The molecule has 0 radical (unpaired) electrons. The van der Waals surface area contributed by atoms with E-state index in [1.165, 1.54) is 23.1 Å². The average Bonchev–Trinajstić information content (AvgIpc) is 2.92. The summed E-state index contributed by atoms with van der Waals surface area (Å²) in [4.78, 5) is 16.7. The van der Waals surface area contributed by atoms with Crippen molar-refractivity contribution in [3.8, 4) is 0 Å². The number of aromatic nitrogens is 2. The summed E-state index contributed by atoms with van der Waals surface area (Å²) < 4.78 is 2.24. The smallest absolute Gasteiger partial charge is 0.271 e. The summed E-state index contributed by atoms with van der Waals surface area (Å²) in [6.45, 7) is 0. The molecule has 0 N–H and O–H groups in total. The van der Waals surface area contributed by atoms with Crippen LogP contribution >= 0.6 is 46.3 Å². The maximum absolute atomic E-state index is 12.2. The minimum atomic E-state index is -0.0252. The molecule has 0 spiro atoms. The summed E-state index contributed by atoms with van der Waals surface area (Å²) >= 11 is 15.2. The standard InChI is InChI=1S/C14H10Cl2N2OS2/c1-18-13(19)12-11(5-6-20-12)17-14(18)21-7-8-9(15)3-2-4-10(8)16/h2-6H,7H2,1H3. The van der Waals surface area contributed by atoms with Crippen LogP contribution in [0.15, 0.2) is 39.6 Å². The van der Waals surface area contributed by atoms with Gasteiger partial charge in [-0.05, 0) is 29.1 Å². The third-order valence-electron chi connectivity index (χ3n) is 3.05. The molecule has 2 heterocycles. The first-order valence-electron chi connectivity index (χ1n) is 6.08. The second kappa shape index (κ2) is 6.01. The van der Waals surface area contributed by atoms with Crippen LogP contribution in [0.1, 0.15) is 5.56 Å². The van der Waals surface area contributed by atoms with Gasteiger partial charge in [0.1, 0.15) is 4.70 Å². The Morgan fingerprint density at radius 2 is 2.00 bits per heavy atom. The third-order valence-corrected chi connectivity index (χ3v) is 5.71. The van der Waals surface area contributed by atoms with E-state index in [1.54, 1.807) is 23.7 Å². The average molecular weight is 357 g/mol. The zero-order chi connectivity index (χ0) is 15.0. The quantitative estimate of drug-likeness (QED) is 0.508. The molecule has 0 atom stereocenters. The zero-order valence-electron chi connectivity index (χ0n) is 11.0. The Morgan fingerprint density at radius 3 is 2.71 bits per heavy atom. The fraction of sp³-hybridized carbons (Fsp3) is 0.143. The van der Waals surface area contributed by atoms with Crippen LogP contribution in [0.2, 0.25) is 10.0 Å². The van der Waals surface area contributed by atoms with Gasteiger partial charge in [-0.2, -0.15) is 0 Å². The van der Waals surface area contributed by atoms with Gasteiger partial charge in [0, 0.05) is 22.8 Å². The minimum Gasteiger partial charge on any atom is -0.290 e. The highest BCUT2D eigenvalue weighted by molar-refractivity contribution is 7.98. The van der Waals surface area contributed by atoms with Crippen molar-refractivity contribution < 1.29 is 0 Å². The van der Waals surface area contributed by atoms with E-state index in [0.717, 1.165) is 11.1 Å². The summed E-state index contributed by atoms with van der Waals surface area (Å²) in [5.41, 5.74) is 1.56. The second-order valence-electron chi connectivity index (χ2n) is 4.38. The summed E-state index contributed by atoms with van der Waals surface area (Å²) in [5.74, 6) is 0.564. The lowest BCUT2D eigenvalue weighted by molar-refractivity contribution is 0.728. The van der Waals surface area contributed by atoms with Crippen molar-refractivity contribution in [1.29, 1.82) is 0 Å². The molecule has 3 aromatic rings. The van der Waals surface area contributed by atoms with Gasteiger partial charge in [-0.1, -0.05) is 41.0 Å². The Balaban J connectivity index is 1.95. The molecule has 0 aliphatic heterocycles. The van der Waals surface area contributed by atoms with Gasteiger partial charge in [-0.15, -0.1) is 11.3 Å². The second-order valence-corrected chi connectivity index (χ2v) is 7.06. The Labute approximate surface area is 139 Å². The minimum absolute atomic E-state index is 0.0252. The van der Waals surface area contributed by atoms with Gasteiger partial charge >= 0.3 is 0 Å². The van der Waals surface area contributed by atoms with E-state index < -0.39 is 0 Å². The fourth-order valence-electron chi connectivity index (χ4n) is 1.90. The van der Waals surface area contributed by atoms with Crippen LogP contribution in [0, 0.1) is 0 Å². The van der Waals surface area contributed by atoms with E-state index in [0.29, 0.717) is 25.7 Å². The van der Waals surface area contributed by atoms with E-state index in [-0.39, 0.29) is 5.56 Å². The number of fused-ring (bicyclic) bond motifs is 1. The molecule has 0 bridgehead atoms. The number of halogens is 2. The maximum atomic E-state index is 12.2. The summed E-state index contributed by atoms with van der Waals surface area (Å²) in [6.07, 6.45) is 0. The number of thiophene rings is 1. The van der Waals surface area contributed by atoms with Crippen LogP contribution in [-0.2, 0) is 12.8 Å². The lowest BCUT2D eigenvalue weighted by atomic mass is 10.2. The van der Waals surface area contributed by atoms with E-state index in [2.05, 4.69) is 4.98 Å². The first-order chi connectivity index (χ1) is 10.1. The normalized spacial score (nSPS) is 11.2. The highest BCUT2D eigenvalue weighted by atomic mass is 35.5. The van der Waals surface area contributed by atoms with Gasteiger partial charge in [0.25, 0.3) is 5.56 Å². The predicted molar refractivity (Wildman–Crippen MR) is 90.9 cm³/mol. The van der Waals surface area contributed by atoms with Gasteiger partial charge in [-0.25, -0.2) is 4.98 Å². The van der Waals surface area contributed by atoms with Crippen molar-refractivity contribution in [3.63, 3.8) is 0 Å². The Bertz CT molecular complexity index is 853. The first-order valence-corrected chi connectivity index (χ1v) is 8.70. The van der Waals surface area contributed by atoms with E-state index in [9.17, 15) is 4.79 Å². The molecule has 108 valence electrons. The molecule has 0 amide bonds. The van der Waals surface area contributed by atoms with Gasteiger partial charge < -0.3 is 0 Å². The van der Waals surface area contributed by atoms with Crippen molar-refractivity contribution in [2.75, 3.05) is 0 Å². The van der Waals surface area contributed by atoms with Gasteiger partial charge in [0.15, 0.2) is 5.16 Å². The molecule has 7 heteroatoms. The first kappa shape index (κ1) is 14.9. The van der Waals surface area contributed by atoms with Crippen LogP contribution < -0.4 is 5.56 Å². The number of thioether (sulfide) groups is 1. The van der Waals surface area contributed by atoms with E-state index >= 15 is 0 Å². The molecule has 0 aliphatic rings. The zero-order valence-corrected chi connectivity index (χ0v) is 14.1. The molecule has 21 heavy (non-hydrogen) atoms. The van der Waals surface area contributed by atoms with Crippen molar-refractivity contribution in [3.05, 3.63) is 55.6 Å². The summed E-state index contributed by atoms with van der Waals surface area (Å²) in [7, 11) is 1.73. The van der Waals surface area contributed by atoms with Crippen molar-refractivity contribution in [2.24, 2.45) is 7.05 Å². The van der Waals surface area contributed by atoms with Crippen LogP contribution in [-0.4, -0.2) is 9.55 Å². The van der Waals surface area contributed by atoms with Gasteiger partial charge in [0.05, 0.1) is 5.52 Å². The molecule has 0 fully saturated rings. The molecular formula is C14H10Cl2N2OS2. The van der Waals surface area contributed by atoms with Crippen molar-refractivity contribution >= 4 is 56.5 Å². The number of rotatable bonds is 3.